The number of hydrogen-bond acceptors (Lipinski definition) is 4. The predicted molar refractivity (Wildman–Crippen MR) is 131 cm³/mol. The summed E-state index contributed by atoms with van der Waals surface area (Å²) in [6, 6.07) is 12.5. The number of thioether (sulfide) groups is 1. The molecule has 2 heterocycles. The van der Waals surface area contributed by atoms with Gasteiger partial charge in [-0.1, -0.05) is 23.9 Å². The molecular weight excluding hydrogens is 428 g/mol. The maximum Gasteiger partial charge on any atom is 0.230 e. The number of hydrogen-bond donors (Lipinski definition) is 1. The summed E-state index contributed by atoms with van der Waals surface area (Å²) < 4.78 is 2.03. The number of benzene rings is 1. The number of fused-ring (bicyclic) bond motifs is 3. The molecule has 1 atom stereocenters. The van der Waals surface area contributed by atoms with E-state index in [4.69, 9.17) is 4.98 Å². The summed E-state index contributed by atoms with van der Waals surface area (Å²) >= 11 is 1.53. The molecule has 4 fully saturated rings. The summed E-state index contributed by atoms with van der Waals surface area (Å²) in [5.74, 6) is 3.12. The fourth-order valence-electron chi connectivity index (χ4n) is 7.44. The summed E-state index contributed by atoms with van der Waals surface area (Å²) in [5, 5.41) is 14.0. The average molecular weight is 459 g/mol. The van der Waals surface area contributed by atoms with Gasteiger partial charge < -0.3 is 5.32 Å². The highest BCUT2D eigenvalue weighted by molar-refractivity contribution is 7.99. The molecule has 0 unspecified atom stereocenters. The molecule has 0 aliphatic heterocycles. The predicted octanol–water partition coefficient (Wildman–Crippen LogP) is 5.48. The minimum atomic E-state index is 0.0998. The number of carbonyl (C=O) groups is 1. The standard InChI is InChI=1S/C27H30N4OS/c1-16-7-25(31-23-6-4-3-5-22(23)30-26(31)21(16)14-28)33-15-24(32)29-17(2)27-11-18-8-19(12-27)10-20(9-18)13-27/h3-7,17-20H,8-13,15H2,1-2H3,(H,29,32)/t17-,18?,19?,20?,27?/m1/s1. The zero-order chi connectivity index (χ0) is 22.7. The minimum Gasteiger partial charge on any atom is -0.352 e. The van der Waals surface area contributed by atoms with Crippen LogP contribution in [0.3, 0.4) is 0 Å². The number of carbonyl (C=O) groups excluding carboxylic acids is 1. The van der Waals surface area contributed by atoms with Crippen molar-refractivity contribution in [3.8, 4) is 6.07 Å². The van der Waals surface area contributed by atoms with Gasteiger partial charge in [0.1, 0.15) is 6.07 Å². The van der Waals surface area contributed by atoms with E-state index in [1.54, 1.807) is 0 Å². The maximum atomic E-state index is 13.1. The van der Waals surface area contributed by atoms with Crippen molar-refractivity contribution >= 4 is 34.3 Å². The van der Waals surface area contributed by atoms with E-state index in [-0.39, 0.29) is 11.9 Å². The lowest BCUT2D eigenvalue weighted by Crippen LogP contribution is -2.56. The largest absolute Gasteiger partial charge is 0.352 e. The molecule has 0 saturated heterocycles. The number of nitrogens with zero attached hydrogens (tertiary/aromatic N) is 3. The fourth-order valence-corrected chi connectivity index (χ4v) is 8.38. The molecule has 33 heavy (non-hydrogen) atoms. The van der Waals surface area contributed by atoms with Gasteiger partial charge in [0.25, 0.3) is 0 Å². The quantitative estimate of drug-likeness (QED) is 0.514. The van der Waals surface area contributed by atoms with E-state index in [2.05, 4.69) is 18.3 Å². The van der Waals surface area contributed by atoms with E-state index >= 15 is 0 Å². The monoisotopic (exact) mass is 458 g/mol. The third kappa shape index (κ3) is 3.44. The molecule has 2 aromatic heterocycles. The summed E-state index contributed by atoms with van der Waals surface area (Å²) in [7, 11) is 0. The molecule has 4 bridgehead atoms. The van der Waals surface area contributed by atoms with Crippen LogP contribution < -0.4 is 5.32 Å². The molecule has 4 aliphatic rings. The van der Waals surface area contributed by atoms with E-state index in [1.165, 1.54) is 50.3 Å². The van der Waals surface area contributed by atoms with Gasteiger partial charge in [-0.05, 0) is 99.3 Å². The van der Waals surface area contributed by atoms with Crippen molar-refractivity contribution < 1.29 is 4.79 Å². The number of nitriles is 1. The number of pyridine rings is 1. The molecule has 0 radical (unpaired) electrons. The first-order chi connectivity index (χ1) is 16.0. The zero-order valence-corrected chi connectivity index (χ0v) is 20.1. The number of nitrogens with one attached hydrogen (secondary N) is 1. The second-order valence-corrected chi connectivity index (χ2v) is 11.8. The van der Waals surface area contributed by atoms with Crippen LogP contribution in [0.4, 0.5) is 0 Å². The highest BCUT2D eigenvalue weighted by Gasteiger charge is 2.53. The van der Waals surface area contributed by atoms with Gasteiger partial charge in [0.05, 0.1) is 27.4 Å². The minimum absolute atomic E-state index is 0.0998. The van der Waals surface area contributed by atoms with E-state index < -0.39 is 0 Å². The zero-order valence-electron chi connectivity index (χ0n) is 19.3. The number of para-hydroxylation sites is 2. The molecule has 1 aromatic carbocycles. The Morgan fingerprint density at radius 1 is 1.24 bits per heavy atom. The van der Waals surface area contributed by atoms with E-state index in [0.29, 0.717) is 22.4 Å². The molecule has 170 valence electrons. The van der Waals surface area contributed by atoms with Crippen LogP contribution in [0.15, 0.2) is 35.4 Å². The molecule has 7 rings (SSSR count). The Morgan fingerprint density at radius 2 is 1.91 bits per heavy atom. The lowest BCUT2D eigenvalue weighted by molar-refractivity contribution is -0.123. The van der Waals surface area contributed by atoms with Crippen molar-refractivity contribution in [3.05, 3.63) is 41.5 Å². The maximum absolute atomic E-state index is 13.1. The van der Waals surface area contributed by atoms with Crippen LogP contribution in [0.2, 0.25) is 0 Å². The summed E-state index contributed by atoms with van der Waals surface area (Å²) in [4.78, 5) is 17.8. The highest BCUT2D eigenvalue weighted by Crippen LogP contribution is 2.61. The van der Waals surface area contributed by atoms with E-state index in [0.717, 1.165) is 39.4 Å². The Morgan fingerprint density at radius 3 is 2.58 bits per heavy atom. The van der Waals surface area contributed by atoms with Gasteiger partial charge in [0.15, 0.2) is 5.65 Å². The Hall–Kier alpha value is -2.52. The van der Waals surface area contributed by atoms with Gasteiger partial charge in [0, 0.05) is 6.04 Å². The van der Waals surface area contributed by atoms with Crippen molar-refractivity contribution in [2.75, 3.05) is 5.75 Å². The smallest absolute Gasteiger partial charge is 0.230 e. The number of aromatic nitrogens is 2. The second kappa shape index (κ2) is 7.77. The normalized spacial score (nSPS) is 28.8. The Kier molecular flexibility index (Phi) is 4.95. The third-order valence-corrected chi connectivity index (χ3v) is 9.59. The molecule has 4 aliphatic carbocycles. The Balaban J connectivity index is 1.22. The van der Waals surface area contributed by atoms with Crippen LogP contribution in [0.5, 0.6) is 0 Å². The van der Waals surface area contributed by atoms with Gasteiger partial charge in [-0.3, -0.25) is 9.20 Å². The Bertz CT molecular complexity index is 1270. The first-order valence-corrected chi connectivity index (χ1v) is 13.2. The number of amides is 1. The van der Waals surface area contributed by atoms with Crippen LogP contribution >= 0.6 is 11.8 Å². The molecule has 5 nitrogen and oxygen atoms in total. The van der Waals surface area contributed by atoms with Crippen LogP contribution in [0.25, 0.3) is 16.7 Å². The van der Waals surface area contributed by atoms with Crippen molar-refractivity contribution in [1.29, 1.82) is 5.26 Å². The molecule has 4 saturated carbocycles. The van der Waals surface area contributed by atoms with Crippen molar-refractivity contribution in [3.63, 3.8) is 0 Å². The van der Waals surface area contributed by atoms with Gasteiger partial charge in [-0.2, -0.15) is 5.26 Å². The van der Waals surface area contributed by atoms with Gasteiger partial charge >= 0.3 is 0 Å². The Labute approximate surface area is 198 Å². The lowest BCUT2D eigenvalue weighted by atomic mass is 9.48. The summed E-state index contributed by atoms with van der Waals surface area (Å²) in [6.07, 6.45) is 8.15. The van der Waals surface area contributed by atoms with Crippen LogP contribution in [0, 0.1) is 41.4 Å². The average Bonchev–Trinajstić information content (AvgIpc) is 3.16. The third-order valence-electron chi connectivity index (χ3n) is 8.58. The summed E-state index contributed by atoms with van der Waals surface area (Å²) in [5.41, 5.74) is 4.30. The summed E-state index contributed by atoms with van der Waals surface area (Å²) in [6.45, 7) is 4.18. The molecular formula is C27H30N4OS. The number of imidazole rings is 1. The van der Waals surface area contributed by atoms with Gasteiger partial charge in [0.2, 0.25) is 5.91 Å². The fraction of sp³-hybridized carbons (Fsp3) is 0.519. The van der Waals surface area contributed by atoms with Crippen molar-refractivity contribution in [2.24, 2.45) is 23.2 Å². The van der Waals surface area contributed by atoms with Gasteiger partial charge in [-0.15, -0.1) is 0 Å². The van der Waals surface area contributed by atoms with Crippen LogP contribution in [-0.4, -0.2) is 27.1 Å². The second-order valence-electron chi connectivity index (χ2n) is 10.8. The first-order valence-electron chi connectivity index (χ1n) is 12.2. The molecule has 0 spiro atoms. The van der Waals surface area contributed by atoms with Crippen molar-refractivity contribution in [2.45, 2.75) is 63.4 Å². The molecule has 6 heteroatoms. The molecule has 1 N–H and O–H groups in total. The van der Waals surface area contributed by atoms with Gasteiger partial charge in [-0.25, -0.2) is 4.98 Å². The van der Waals surface area contributed by atoms with Crippen molar-refractivity contribution in [1.82, 2.24) is 14.7 Å². The number of aryl methyl sites for hydroxylation is 1. The molecule has 1 amide bonds. The lowest BCUT2D eigenvalue weighted by Gasteiger charge is -2.59. The van der Waals surface area contributed by atoms with E-state index in [9.17, 15) is 10.1 Å². The first kappa shape index (κ1) is 21.0. The number of rotatable bonds is 5. The van der Waals surface area contributed by atoms with Crippen LogP contribution in [-0.2, 0) is 4.79 Å². The van der Waals surface area contributed by atoms with Crippen LogP contribution in [0.1, 0.15) is 56.6 Å². The SMILES string of the molecule is Cc1cc(SCC(=O)N[C@H](C)C23CC4CC(CC(C4)C2)C3)n2c(nc3ccccc32)c1C#N. The molecule has 3 aromatic rings. The van der Waals surface area contributed by atoms with E-state index in [1.807, 2.05) is 41.7 Å². The topological polar surface area (TPSA) is 70.2 Å². The highest BCUT2D eigenvalue weighted by atomic mass is 32.2.